The van der Waals surface area contributed by atoms with E-state index in [0.29, 0.717) is 54.8 Å². The lowest BCUT2D eigenvalue weighted by molar-refractivity contribution is -0.137. The average molecular weight is 526 g/mol. The first-order chi connectivity index (χ1) is 18.2. The minimum atomic E-state index is -4.43. The third-order valence-electron chi connectivity index (χ3n) is 6.49. The number of halogens is 3. The van der Waals surface area contributed by atoms with E-state index in [1.54, 1.807) is 43.5 Å². The minimum Gasteiger partial charge on any atom is -0.496 e. The first kappa shape index (κ1) is 25.4. The molecule has 0 radical (unpaired) electrons. The molecule has 38 heavy (non-hydrogen) atoms. The predicted molar refractivity (Wildman–Crippen MR) is 135 cm³/mol. The van der Waals surface area contributed by atoms with Crippen LogP contribution in [0.25, 0.3) is 22.6 Å². The Kier molecular flexibility index (Phi) is 6.83. The van der Waals surface area contributed by atoms with Crippen LogP contribution in [-0.2, 0) is 17.5 Å². The number of benzene rings is 2. The van der Waals surface area contributed by atoms with Crippen molar-refractivity contribution in [3.63, 3.8) is 0 Å². The van der Waals surface area contributed by atoms with Gasteiger partial charge in [-0.15, -0.1) is 0 Å². The van der Waals surface area contributed by atoms with Crippen LogP contribution in [0, 0.1) is 6.92 Å². The quantitative estimate of drug-likeness (QED) is 0.357. The Balaban J connectivity index is 1.20. The number of aromatic nitrogens is 3. The van der Waals surface area contributed by atoms with Crippen molar-refractivity contribution < 1.29 is 27.1 Å². The van der Waals surface area contributed by atoms with Gasteiger partial charge in [-0.25, -0.2) is 4.98 Å². The first-order valence-corrected chi connectivity index (χ1v) is 12.1. The number of alkyl halides is 3. The van der Waals surface area contributed by atoms with E-state index in [-0.39, 0.29) is 12.5 Å². The van der Waals surface area contributed by atoms with Crippen molar-refractivity contribution in [2.24, 2.45) is 0 Å². The highest BCUT2D eigenvalue weighted by atomic mass is 19.4. The van der Waals surface area contributed by atoms with Crippen LogP contribution in [0.1, 0.15) is 11.5 Å². The van der Waals surface area contributed by atoms with Gasteiger partial charge in [0.15, 0.2) is 11.7 Å². The molecule has 1 aliphatic heterocycles. The van der Waals surface area contributed by atoms with Crippen LogP contribution in [0.3, 0.4) is 0 Å². The van der Waals surface area contributed by atoms with E-state index in [0.717, 1.165) is 23.4 Å². The lowest BCUT2D eigenvalue weighted by atomic mass is 10.1. The molecule has 2 aromatic heterocycles. The van der Waals surface area contributed by atoms with Crippen molar-refractivity contribution in [2.45, 2.75) is 19.6 Å². The molecule has 198 valence electrons. The second-order valence-electron chi connectivity index (χ2n) is 8.97. The van der Waals surface area contributed by atoms with Gasteiger partial charge in [0, 0.05) is 56.6 Å². The molecule has 3 heterocycles. The number of amides is 1. The van der Waals surface area contributed by atoms with Crippen molar-refractivity contribution in [1.82, 2.24) is 19.7 Å². The Morgan fingerprint density at radius 1 is 1.08 bits per heavy atom. The molecule has 0 N–H and O–H groups in total. The lowest BCUT2D eigenvalue weighted by Crippen LogP contribution is -2.49. The Bertz CT molecular complexity index is 1440. The molecule has 1 saturated heterocycles. The van der Waals surface area contributed by atoms with Crippen molar-refractivity contribution in [2.75, 3.05) is 38.2 Å². The van der Waals surface area contributed by atoms with Crippen molar-refractivity contribution in [3.05, 3.63) is 72.4 Å². The molecule has 1 fully saturated rings. The monoisotopic (exact) mass is 525 g/mol. The highest BCUT2D eigenvalue weighted by Crippen LogP contribution is 2.34. The maximum Gasteiger partial charge on any atom is 0.416 e. The molecule has 1 aliphatic rings. The summed E-state index contributed by atoms with van der Waals surface area (Å²) < 4.78 is 51.8. The maximum absolute atomic E-state index is 13.0. The molecule has 0 aliphatic carbocycles. The molecule has 8 nitrogen and oxygen atoms in total. The number of methoxy groups -OCH3 is 1. The molecule has 2 aromatic carbocycles. The molecule has 0 bridgehead atoms. The van der Waals surface area contributed by atoms with Crippen molar-refractivity contribution in [3.8, 4) is 28.3 Å². The second kappa shape index (κ2) is 10.2. The zero-order chi connectivity index (χ0) is 26.9. The zero-order valence-corrected chi connectivity index (χ0v) is 20.9. The summed E-state index contributed by atoms with van der Waals surface area (Å²) in [7, 11) is 1.61. The van der Waals surface area contributed by atoms with E-state index in [9.17, 15) is 18.0 Å². The number of oxazole rings is 1. The SMILES string of the molecule is COc1cc(N2CCN(C(=O)Cn3ccc(-c4cccc(C(F)(F)F)c4)n3)CC2)ccc1-c1cnc(C)o1. The van der Waals surface area contributed by atoms with Crippen LogP contribution in [0.15, 0.2) is 65.3 Å². The fourth-order valence-corrected chi connectivity index (χ4v) is 4.48. The molecule has 0 saturated carbocycles. The van der Waals surface area contributed by atoms with Crippen molar-refractivity contribution in [1.29, 1.82) is 0 Å². The van der Waals surface area contributed by atoms with Gasteiger partial charge >= 0.3 is 6.18 Å². The van der Waals surface area contributed by atoms with Crippen LogP contribution in [0.4, 0.5) is 18.9 Å². The van der Waals surface area contributed by atoms with E-state index in [2.05, 4.69) is 15.0 Å². The Morgan fingerprint density at radius 3 is 2.55 bits per heavy atom. The summed E-state index contributed by atoms with van der Waals surface area (Å²) in [5.74, 6) is 1.79. The van der Waals surface area contributed by atoms with E-state index in [4.69, 9.17) is 9.15 Å². The number of piperazine rings is 1. The number of nitrogens with zero attached hydrogens (tertiary/aromatic N) is 5. The standard InChI is InChI=1S/C27H26F3N5O3/c1-18-31-16-25(38-18)22-7-6-21(15-24(22)37-2)33-10-12-34(13-11-33)26(36)17-35-9-8-23(32-35)19-4-3-5-20(14-19)27(28,29)30/h3-9,14-16H,10-13,17H2,1-2H3. The largest absolute Gasteiger partial charge is 0.496 e. The summed E-state index contributed by atoms with van der Waals surface area (Å²) in [6, 6.07) is 12.5. The zero-order valence-electron chi connectivity index (χ0n) is 20.9. The van der Waals surface area contributed by atoms with Crippen LogP contribution >= 0.6 is 0 Å². The van der Waals surface area contributed by atoms with Crippen molar-refractivity contribution >= 4 is 11.6 Å². The van der Waals surface area contributed by atoms with Crippen LogP contribution in [0.5, 0.6) is 5.75 Å². The number of ether oxygens (including phenoxy) is 1. The smallest absolute Gasteiger partial charge is 0.416 e. The summed E-state index contributed by atoms with van der Waals surface area (Å²) in [6.45, 7) is 4.15. The first-order valence-electron chi connectivity index (χ1n) is 12.1. The summed E-state index contributed by atoms with van der Waals surface area (Å²) in [6.07, 6.45) is -1.16. The molecular weight excluding hydrogens is 499 g/mol. The van der Waals surface area contributed by atoms with Gasteiger partial charge in [-0.1, -0.05) is 12.1 Å². The number of aryl methyl sites for hydroxylation is 1. The van der Waals surface area contributed by atoms with Gasteiger partial charge in [-0.2, -0.15) is 18.3 Å². The third-order valence-corrected chi connectivity index (χ3v) is 6.49. The molecule has 4 aromatic rings. The number of hydrogen-bond acceptors (Lipinski definition) is 6. The Labute approximate surface area is 217 Å². The van der Waals surface area contributed by atoms with Gasteiger partial charge < -0.3 is 19.0 Å². The highest BCUT2D eigenvalue weighted by Gasteiger charge is 2.30. The molecule has 1 amide bonds. The van der Waals surface area contributed by atoms with Gasteiger partial charge in [0.25, 0.3) is 0 Å². The predicted octanol–water partition coefficient (Wildman–Crippen LogP) is 4.89. The average Bonchev–Trinajstić information content (AvgIpc) is 3.57. The maximum atomic E-state index is 13.0. The topological polar surface area (TPSA) is 76.6 Å². The third kappa shape index (κ3) is 5.36. The lowest BCUT2D eigenvalue weighted by Gasteiger charge is -2.36. The Morgan fingerprint density at radius 2 is 1.87 bits per heavy atom. The fraction of sp³-hybridized carbons (Fsp3) is 0.296. The van der Waals surface area contributed by atoms with E-state index < -0.39 is 11.7 Å². The van der Waals surface area contributed by atoms with Gasteiger partial charge in [0.05, 0.1) is 30.1 Å². The normalized spacial score (nSPS) is 14.1. The van der Waals surface area contributed by atoms with Crippen LogP contribution in [0.2, 0.25) is 0 Å². The highest BCUT2D eigenvalue weighted by molar-refractivity contribution is 5.76. The van der Waals surface area contributed by atoms with E-state index >= 15 is 0 Å². The molecular formula is C27H26F3N5O3. The van der Waals surface area contributed by atoms with Gasteiger partial charge in [0.1, 0.15) is 12.3 Å². The molecule has 0 atom stereocenters. The Hall–Kier alpha value is -4.28. The van der Waals surface area contributed by atoms with E-state index in [1.807, 2.05) is 18.2 Å². The number of carbonyl (C=O) groups is 1. The van der Waals surface area contributed by atoms with Crippen LogP contribution < -0.4 is 9.64 Å². The minimum absolute atomic E-state index is 0.0120. The van der Waals surface area contributed by atoms with Gasteiger partial charge in [-0.3, -0.25) is 9.48 Å². The molecule has 5 rings (SSSR count). The molecule has 0 spiro atoms. The summed E-state index contributed by atoms with van der Waals surface area (Å²) in [4.78, 5) is 21.0. The van der Waals surface area contributed by atoms with Gasteiger partial charge in [0.2, 0.25) is 5.91 Å². The summed E-state index contributed by atoms with van der Waals surface area (Å²) in [5.41, 5.74) is 1.78. The fourth-order valence-electron chi connectivity index (χ4n) is 4.48. The number of carbonyl (C=O) groups excluding carboxylic acids is 1. The number of anilines is 1. The second-order valence-corrected chi connectivity index (χ2v) is 8.97. The van der Waals surface area contributed by atoms with Crippen LogP contribution in [-0.4, -0.2) is 58.9 Å². The van der Waals surface area contributed by atoms with Gasteiger partial charge in [-0.05, 0) is 30.3 Å². The molecule has 0 unspecified atom stereocenters. The summed E-state index contributed by atoms with van der Waals surface area (Å²) in [5, 5.41) is 4.32. The number of hydrogen-bond donors (Lipinski definition) is 0. The molecule has 11 heteroatoms. The number of rotatable bonds is 6. The van der Waals surface area contributed by atoms with E-state index in [1.165, 1.54) is 10.7 Å². The summed E-state index contributed by atoms with van der Waals surface area (Å²) >= 11 is 0.